The van der Waals surface area contributed by atoms with Crippen molar-refractivity contribution in [2.75, 3.05) is 24.5 Å². The van der Waals surface area contributed by atoms with Crippen molar-refractivity contribution in [3.8, 4) is 0 Å². The first-order valence-electron chi connectivity index (χ1n) is 4.79. The van der Waals surface area contributed by atoms with Crippen LogP contribution < -0.4 is 16.0 Å². The highest BCUT2D eigenvalue weighted by molar-refractivity contribution is 6.02. The summed E-state index contributed by atoms with van der Waals surface area (Å²) in [6.07, 6.45) is 0.473. The first-order chi connectivity index (χ1) is 7.69. The van der Waals surface area contributed by atoms with E-state index in [0.717, 1.165) is 0 Å². The second-order valence-corrected chi connectivity index (χ2v) is 3.34. The van der Waals surface area contributed by atoms with Gasteiger partial charge in [0, 0.05) is 13.0 Å². The van der Waals surface area contributed by atoms with Crippen LogP contribution in [0.25, 0.3) is 0 Å². The normalized spacial score (nSPS) is 16.4. The van der Waals surface area contributed by atoms with E-state index in [-0.39, 0.29) is 30.9 Å². The Bertz CT molecular complexity index is 400. The Morgan fingerprint density at radius 3 is 2.62 bits per heavy atom. The van der Waals surface area contributed by atoms with Gasteiger partial charge in [0.25, 0.3) is 0 Å². The maximum atomic E-state index is 11.1. The Kier molecular flexibility index (Phi) is 2.82. The number of hydrogen-bond donors (Lipinski definition) is 2. The van der Waals surface area contributed by atoms with Crippen LogP contribution >= 0.6 is 0 Å². The zero-order valence-corrected chi connectivity index (χ0v) is 8.47. The molecule has 0 unspecified atom stereocenters. The standard InChI is InChI=1S/C8H11N5O3/c9-2-1-7-11-12-8(16-7)13-3-5(14)10-6(15)4-13/h1-4,9H2,(H,10,14,15). The quantitative estimate of drug-likeness (QED) is 0.573. The number of nitrogens with two attached hydrogens (primary N) is 1. The van der Waals surface area contributed by atoms with Gasteiger partial charge in [0.2, 0.25) is 17.7 Å². The molecular weight excluding hydrogens is 214 g/mol. The van der Waals surface area contributed by atoms with E-state index in [1.807, 2.05) is 0 Å². The lowest BCUT2D eigenvalue weighted by molar-refractivity contribution is -0.130. The Morgan fingerprint density at radius 2 is 2.00 bits per heavy atom. The molecule has 1 saturated heterocycles. The molecule has 0 spiro atoms. The van der Waals surface area contributed by atoms with E-state index in [9.17, 15) is 9.59 Å². The molecular formula is C8H11N5O3. The zero-order valence-electron chi connectivity index (χ0n) is 8.47. The van der Waals surface area contributed by atoms with Crippen LogP contribution in [0.15, 0.2) is 4.42 Å². The molecule has 2 heterocycles. The summed E-state index contributed by atoms with van der Waals surface area (Å²) in [6.45, 7) is 0.479. The fourth-order valence-corrected chi connectivity index (χ4v) is 1.37. The van der Waals surface area contributed by atoms with Gasteiger partial charge in [-0.3, -0.25) is 14.9 Å². The van der Waals surface area contributed by atoms with Crippen LogP contribution in [0.3, 0.4) is 0 Å². The van der Waals surface area contributed by atoms with Crippen LogP contribution in [0, 0.1) is 0 Å². The smallest absolute Gasteiger partial charge is 0.319 e. The van der Waals surface area contributed by atoms with E-state index in [4.69, 9.17) is 10.2 Å². The van der Waals surface area contributed by atoms with Crippen molar-refractivity contribution in [1.29, 1.82) is 0 Å². The third-order valence-corrected chi connectivity index (χ3v) is 2.03. The Labute approximate surface area is 90.8 Å². The molecule has 8 heteroatoms. The first kappa shape index (κ1) is 10.6. The molecule has 0 atom stereocenters. The summed E-state index contributed by atoms with van der Waals surface area (Å²) in [4.78, 5) is 23.6. The van der Waals surface area contributed by atoms with Gasteiger partial charge in [-0.1, -0.05) is 5.10 Å². The van der Waals surface area contributed by atoms with Crippen molar-refractivity contribution in [1.82, 2.24) is 15.5 Å². The minimum absolute atomic E-state index is 0.0377. The Balaban J connectivity index is 2.10. The number of amides is 2. The zero-order chi connectivity index (χ0) is 11.5. The van der Waals surface area contributed by atoms with E-state index < -0.39 is 0 Å². The number of hydrogen-bond acceptors (Lipinski definition) is 7. The van der Waals surface area contributed by atoms with Crippen LogP contribution in [0.2, 0.25) is 0 Å². The molecule has 0 aromatic carbocycles. The summed E-state index contributed by atoms with van der Waals surface area (Å²) >= 11 is 0. The number of imide groups is 1. The summed E-state index contributed by atoms with van der Waals surface area (Å²) in [5.41, 5.74) is 5.33. The minimum atomic E-state index is -0.380. The van der Waals surface area contributed by atoms with Gasteiger partial charge >= 0.3 is 6.01 Å². The maximum Gasteiger partial charge on any atom is 0.319 e. The lowest BCUT2D eigenvalue weighted by Crippen LogP contribution is -2.51. The van der Waals surface area contributed by atoms with Crippen LogP contribution in [0.1, 0.15) is 5.89 Å². The average molecular weight is 225 g/mol. The van der Waals surface area contributed by atoms with Gasteiger partial charge in [0.15, 0.2) is 0 Å². The van der Waals surface area contributed by atoms with E-state index >= 15 is 0 Å². The molecule has 86 valence electrons. The fraction of sp³-hybridized carbons (Fsp3) is 0.500. The number of nitrogens with zero attached hydrogens (tertiary/aromatic N) is 3. The monoisotopic (exact) mass is 225 g/mol. The average Bonchev–Trinajstić information content (AvgIpc) is 2.65. The van der Waals surface area contributed by atoms with Crippen LogP contribution in [-0.2, 0) is 16.0 Å². The Morgan fingerprint density at radius 1 is 1.31 bits per heavy atom. The lowest BCUT2D eigenvalue weighted by atomic mass is 10.4. The molecule has 1 aromatic rings. The number of anilines is 1. The molecule has 0 bridgehead atoms. The molecule has 0 radical (unpaired) electrons. The van der Waals surface area contributed by atoms with Gasteiger partial charge < -0.3 is 15.1 Å². The number of aromatic nitrogens is 2. The van der Waals surface area contributed by atoms with E-state index in [1.54, 1.807) is 0 Å². The summed E-state index contributed by atoms with van der Waals surface area (Å²) in [7, 11) is 0. The van der Waals surface area contributed by atoms with E-state index in [2.05, 4.69) is 15.5 Å². The molecule has 1 aromatic heterocycles. The highest BCUT2D eigenvalue weighted by atomic mass is 16.4. The largest absolute Gasteiger partial charge is 0.408 e. The second kappa shape index (κ2) is 4.27. The van der Waals surface area contributed by atoms with Crippen molar-refractivity contribution < 1.29 is 14.0 Å². The summed E-state index contributed by atoms with van der Waals surface area (Å²) in [5, 5.41) is 9.68. The number of nitrogens with one attached hydrogen (secondary N) is 1. The third kappa shape index (κ3) is 2.16. The molecule has 8 nitrogen and oxygen atoms in total. The summed E-state index contributed by atoms with van der Waals surface area (Å²) < 4.78 is 5.25. The van der Waals surface area contributed by atoms with Gasteiger partial charge in [-0.2, -0.15) is 0 Å². The molecule has 2 rings (SSSR count). The number of piperazine rings is 1. The molecule has 16 heavy (non-hydrogen) atoms. The van der Waals surface area contributed by atoms with Gasteiger partial charge in [0.05, 0.1) is 0 Å². The maximum absolute atomic E-state index is 11.1. The fourth-order valence-electron chi connectivity index (χ4n) is 1.37. The predicted octanol–water partition coefficient (Wildman–Crippen LogP) is -1.97. The Hall–Kier alpha value is -1.96. The predicted molar refractivity (Wildman–Crippen MR) is 52.4 cm³/mol. The van der Waals surface area contributed by atoms with Crippen LogP contribution in [-0.4, -0.2) is 41.6 Å². The molecule has 1 aliphatic rings. The molecule has 2 amide bonds. The SMILES string of the molecule is NCCc1nnc(N2CC(=O)NC(=O)C2)o1. The minimum Gasteiger partial charge on any atom is -0.408 e. The van der Waals surface area contributed by atoms with Crippen molar-refractivity contribution in [3.63, 3.8) is 0 Å². The number of carbonyl (C=O) groups is 2. The topological polar surface area (TPSA) is 114 Å². The van der Waals surface area contributed by atoms with Crippen LogP contribution in [0.4, 0.5) is 6.01 Å². The highest BCUT2D eigenvalue weighted by Crippen LogP contribution is 2.13. The first-order valence-corrected chi connectivity index (χ1v) is 4.79. The number of rotatable bonds is 3. The number of carbonyl (C=O) groups excluding carboxylic acids is 2. The summed E-state index contributed by atoms with van der Waals surface area (Å²) in [5.74, 6) is -0.361. The van der Waals surface area contributed by atoms with E-state index in [1.165, 1.54) is 4.90 Å². The van der Waals surface area contributed by atoms with Crippen LogP contribution in [0.5, 0.6) is 0 Å². The molecule has 1 fully saturated rings. The van der Waals surface area contributed by atoms with Gasteiger partial charge in [-0.05, 0) is 0 Å². The van der Waals surface area contributed by atoms with Gasteiger partial charge in [0.1, 0.15) is 13.1 Å². The lowest BCUT2D eigenvalue weighted by Gasteiger charge is -2.22. The molecule has 3 N–H and O–H groups in total. The molecule has 0 saturated carbocycles. The van der Waals surface area contributed by atoms with Gasteiger partial charge in [-0.15, -0.1) is 5.10 Å². The van der Waals surface area contributed by atoms with Crippen molar-refractivity contribution >= 4 is 17.8 Å². The summed E-state index contributed by atoms with van der Waals surface area (Å²) in [6, 6.07) is 0.173. The van der Waals surface area contributed by atoms with Crippen molar-refractivity contribution in [2.45, 2.75) is 6.42 Å². The third-order valence-electron chi connectivity index (χ3n) is 2.03. The highest BCUT2D eigenvalue weighted by Gasteiger charge is 2.26. The molecule has 0 aliphatic carbocycles. The van der Waals surface area contributed by atoms with E-state index in [0.29, 0.717) is 18.9 Å². The van der Waals surface area contributed by atoms with Gasteiger partial charge in [-0.25, -0.2) is 0 Å². The molecule has 1 aliphatic heterocycles. The van der Waals surface area contributed by atoms with Crippen molar-refractivity contribution in [3.05, 3.63) is 5.89 Å². The van der Waals surface area contributed by atoms with Crippen molar-refractivity contribution in [2.24, 2.45) is 5.73 Å². The second-order valence-electron chi connectivity index (χ2n) is 3.34.